The van der Waals surface area contributed by atoms with Crippen LogP contribution in [0.1, 0.15) is 19.4 Å². The maximum atomic E-state index is 12.5. The summed E-state index contributed by atoms with van der Waals surface area (Å²) in [5.74, 6) is 0.440. The van der Waals surface area contributed by atoms with Crippen molar-refractivity contribution in [2.45, 2.75) is 20.5 Å². The number of hydrogen-bond acceptors (Lipinski definition) is 5. The van der Waals surface area contributed by atoms with Gasteiger partial charge in [0.1, 0.15) is 18.1 Å². The number of allylic oxidation sites excluding steroid dienone is 1. The van der Waals surface area contributed by atoms with E-state index in [1.165, 1.54) is 13.2 Å². The first-order chi connectivity index (χ1) is 13.4. The zero-order chi connectivity index (χ0) is 20.1. The standard InChI is InChI=1S/C23H24O5/c1-23(2)19(12-13-20(24)26-3)21(23)22(25)27-15-16-8-7-11-18(14-16)28-17-9-5-4-6-10-17/h4-14,19,21H,15H2,1-3H3/t19-,21-/m0/s1. The van der Waals surface area contributed by atoms with E-state index in [2.05, 4.69) is 4.74 Å². The molecule has 2 atom stereocenters. The average molecular weight is 380 g/mol. The Hall–Kier alpha value is -3.08. The summed E-state index contributed by atoms with van der Waals surface area (Å²) in [7, 11) is 1.33. The Bertz CT molecular complexity index is 870. The third kappa shape index (κ3) is 4.60. The van der Waals surface area contributed by atoms with E-state index in [1.807, 2.05) is 68.4 Å². The largest absolute Gasteiger partial charge is 0.466 e. The zero-order valence-corrected chi connectivity index (χ0v) is 16.3. The summed E-state index contributed by atoms with van der Waals surface area (Å²) in [6.07, 6.45) is 3.09. The highest BCUT2D eigenvalue weighted by atomic mass is 16.5. The Morgan fingerprint density at radius 2 is 1.75 bits per heavy atom. The van der Waals surface area contributed by atoms with Crippen molar-refractivity contribution in [3.8, 4) is 11.5 Å². The monoisotopic (exact) mass is 380 g/mol. The van der Waals surface area contributed by atoms with Crippen LogP contribution in [0.5, 0.6) is 11.5 Å². The number of hydrogen-bond donors (Lipinski definition) is 0. The summed E-state index contributed by atoms with van der Waals surface area (Å²) in [5.41, 5.74) is 0.613. The minimum absolute atomic E-state index is 0.0353. The van der Waals surface area contributed by atoms with Crippen LogP contribution in [0.3, 0.4) is 0 Å². The van der Waals surface area contributed by atoms with Crippen LogP contribution in [-0.4, -0.2) is 19.0 Å². The molecule has 2 aromatic rings. The van der Waals surface area contributed by atoms with Crippen molar-refractivity contribution in [2.24, 2.45) is 17.3 Å². The van der Waals surface area contributed by atoms with E-state index < -0.39 is 5.97 Å². The first kappa shape index (κ1) is 19.7. The fraction of sp³-hybridized carbons (Fsp3) is 0.304. The van der Waals surface area contributed by atoms with Gasteiger partial charge in [0.05, 0.1) is 13.0 Å². The van der Waals surface area contributed by atoms with Crippen molar-refractivity contribution < 1.29 is 23.8 Å². The number of esters is 2. The molecule has 0 heterocycles. The predicted molar refractivity (Wildman–Crippen MR) is 105 cm³/mol. The lowest BCUT2D eigenvalue weighted by Crippen LogP contribution is -2.10. The highest BCUT2D eigenvalue weighted by Crippen LogP contribution is 2.59. The highest BCUT2D eigenvalue weighted by Gasteiger charge is 2.61. The molecule has 0 N–H and O–H groups in total. The third-order valence-corrected chi connectivity index (χ3v) is 5.06. The van der Waals surface area contributed by atoms with Gasteiger partial charge in [-0.3, -0.25) is 4.79 Å². The van der Waals surface area contributed by atoms with Gasteiger partial charge in [0, 0.05) is 6.08 Å². The maximum absolute atomic E-state index is 12.5. The quantitative estimate of drug-likeness (QED) is 0.522. The summed E-state index contributed by atoms with van der Waals surface area (Å²) in [6.45, 7) is 4.14. The molecule has 0 radical (unpaired) electrons. The Morgan fingerprint density at radius 1 is 1.04 bits per heavy atom. The fourth-order valence-corrected chi connectivity index (χ4v) is 3.30. The molecule has 1 aliphatic carbocycles. The van der Waals surface area contributed by atoms with Gasteiger partial charge in [0.25, 0.3) is 0 Å². The van der Waals surface area contributed by atoms with E-state index in [9.17, 15) is 9.59 Å². The summed E-state index contributed by atoms with van der Waals surface area (Å²) >= 11 is 0. The van der Waals surface area contributed by atoms with Crippen LogP contribution < -0.4 is 4.74 Å². The number of benzene rings is 2. The van der Waals surface area contributed by atoms with Gasteiger partial charge >= 0.3 is 11.9 Å². The van der Waals surface area contributed by atoms with Crippen molar-refractivity contribution in [1.29, 1.82) is 0 Å². The number of para-hydroxylation sites is 1. The minimum Gasteiger partial charge on any atom is -0.466 e. The molecule has 0 spiro atoms. The number of methoxy groups -OCH3 is 1. The molecule has 0 saturated heterocycles. The van der Waals surface area contributed by atoms with Crippen molar-refractivity contribution in [3.63, 3.8) is 0 Å². The van der Waals surface area contributed by atoms with Gasteiger partial charge in [-0.2, -0.15) is 0 Å². The van der Waals surface area contributed by atoms with E-state index in [0.717, 1.165) is 11.3 Å². The molecule has 5 heteroatoms. The van der Waals surface area contributed by atoms with E-state index >= 15 is 0 Å². The maximum Gasteiger partial charge on any atom is 0.330 e. The molecular formula is C23H24O5. The van der Waals surface area contributed by atoms with Gasteiger partial charge in [-0.05, 0) is 41.2 Å². The lowest BCUT2D eigenvalue weighted by molar-refractivity contribution is -0.147. The summed E-state index contributed by atoms with van der Waals surface area (Å²) < 4.78 is 15.9. The molecule has 1 saturated carbocycles. The number of ether oxygens (including phenoxy) is 3. The summed E-state index contributed by atoms with van der Waals surface area (Å²) in [6, 6.07) is 17.0. The first-order valence-corrected chi connectivity index (χ1v) is 9.16. The minimum atomic E-state index is -0.426. The van der Waals surface area contributed by atoms with Gasteiger partial charge in [-0.15, -0.1) is 0 Å². The second-order valence-corrected chi connectivity index (χ2v) is 7.38. The summed E-state index contributed by atoms with van der Waals surface area (Å²) in [5, 5.41) is 0. The SMILES string of the molecule is COC(=O)C=C[C@H]1[C@@H](C(=O)OCc2cccc(Oc3ccccc3)c2)C1(C)C. The number of carbonyl (C=O) groups is 2. The zero-order valence-electron chi connectivity index (χ0n) is 16.3. The first-order valence-electron chi connectivity index (χ1n) is 9.16. The van der Waals surface area contributed by atoms with Crippen LogP contribution in [0.4, 0.5) is 0 Å². The van der Waals surface area contributed by atoms with E-state index in [0.29, 0.717) is 5.75 Å². The van der Waals surface area contributed by atoms with E-state index in [-0.39, 0.29) is 29.8 Å². The Kier molecular flexibility index (Phi) is 5.83. The molecule has 146 valence electrons. The smallest absolute Gasteiger partial charge is 0.330 e. The van der Waals surface area contributed by atoms with Gasteiger partial charge < -0.3 is 14.2 Å². The molecule has 28 heavy (non-hydrogen) atoms. The molecule has 0 unspecified atom stereocenters. The van der Waals surface area contributed by atoms with Crippen LogP contribution in [-0.2, 0) is 25.7 Å². The Morgan fingerprint density at radius 3 is 2.46 bits per heavy atom. The van der Waals surface area contributed by atoms with E-state index in [4.69, 9.17) is 9.47 Å². The van der Waals surface area contributed by atoms with Crippen molar-refractivity contribution >= 4 is 11.9 Å². The predicted octanol–water partition coefficient (Wildman–Crippen LogP) is 4.52. The second kappa shape index (κ2) is 8.30. The summed E-state index contributed by atoms with van der Waals surface area (Å²) in [4.78, 5) is 23.8. The van der Waals surface area contributed by atoms with Crippen LogP contribution >= 0.6 is 0 Å². The molecular weight excluding hydrogens is 356 g/mol. The molecule has 2 aromatic carbocycles. The van der Waals surface area contributed by atoms with Gasteiger partial charge in [-0.25, -0.2) is 4.79 Å². The van der Waals surface area contributed by atoms with Crippen LogP contribution in [0.2, 0.25) is 0 Å². The number of carbonyl (C=O) groups excluding carboxylic acids is 2. The van der Waals surface area contributed by atoms with Crippen LogP contribution in [0.25, 0.3) is 0 Å². The highest BCUT2D eigenvalue weighted by molar-refractivity contribution is 5.83. The average Bonchev–Trinajstić information content (AvgIpc) is 3.25. The molecule has 1 aliphatic rings. The third-order valence-electron chi connectivity index (χ3n) is 5.06. The molecule has 0 aliphatic heterocycles. The van der Waals surface area contributed by atoms with Crippen molar-refractivity contribution in [1.82, 2.24) is 0 Å². The van der Waals surface area contributed by atoms with Crippen molar-refractivity contribution in [3.05, 3.63) is 72.3 Å². The van der Waals surface area contributed by atoms with Crippen LogP contribution in [0.15, 0.2) is 66.7 Å². The topological polar surface area (TPSA) is 61.8 Å². The Balaban J connectivity index is 1.57. The number of rotatable bonds is 7. The van der Waals surface area contributed by atoms with Gasteiger partial charge in [0.2, 0.25) is 0 Å². The van der Waals surface area contributed by atoms with Gasteiger partial charge in [-0.1, -0.05) is 50.3 Å². The lowest BCUT2D eigenvalue weighted by Gasteiger charge is -2.09. The fourth-order valence-electron chi connectivity index (χ4n) is 3.30. The van der Waals surface area contributed by atoms with Crippen LogP contribution in [0, 0.1) is 17.3 Å². The Labute approximate surface area is 164 Å². The lowest BCUT2D eigenvalue weighted by atomic mass is 10.1. The molecule has 0 amide bonds. The van der Waals surface area contributed by atoms with Gasteiger partial charge in [0.15, 0.2) is 0 Å². The van der Waals surface area contributed by atoms with E-state index in [1.54, 1.807) is 6.08 Å². The molecule has 5 nitrogen and oxygen atoms in total. The second-order valence-electron chi connectivity index (χ2n) is 7.38. The molecule has 0 bridgehead atoms. The van der Waals surface area contributed by atoms with Crippen molar-refractivity contribution in [2.75, 3.05) is 7.11 Å². The normalized spacial score (nSPS) is 19.8. The molecule has 3 rings (SSSR count). The molecule has 1 fully saturated rings. The molecule has 0 aromatic heterocycles.